The van der Waals surface area contributed by atoms with Gasteiger partial charge in [-0.15, -0.1) is 0 Å². The maximum atomic E-state index is 9.52. The first-order chi connectivity index (χ1) is 8.21. The smallest absolute Gasteiger partial charge is 0.157 e. The number of nitrogens with one attached hydrogen (secondary N) is 1. The number of epoxide rings is 1. The lowest BCUT2D eigenvalue weighted by atomic mass is 9.84. The van der Waals surface area contributed by atoms with Crippen LogP contribution in [0.3, 0.4) is 0 Å². The SMILES string of the molecule is CC(C)(C)OC(C1OC1N/C=C\Br)C(C)(C)CO. The van der Waals surface area contributed by atoms with Crippen molar-refractivity contribution in [1.29, 1.82) is 0 Å². The summed E-state index contributed by atoms with van der Waals surface area (Å²) in [6, 6.07) is 0. The molecule has 0 saturated carbocycles. The third-order valence-corrected chi connectivity index (χ3v) is 3.07. The van der Waals surface area contributed by atoms with Gasteiger partial charge in [0.05, 0.1) is 18.3 Å². The van der Waals surface area contributed by atoms with Crippen molar-refractivity contribution in [2.45, 2.75) is 58.7 Å². The summed E-state index contributed by atoms with van der Waals surface area (Å²) in [7, 11) is 0. The molecule has 0 aromatic heterocycles. The molecule has 18 heavy (non-hydrogen) atoms. The molecule has 3 atom stereocenters. The molecule has 1 aliphatic rings. The fourth-order valence-electron chi connectivity index (χ4n) is 1.76. The van der Waals surface area contributed by atoms with E-state index in [9.17, 15) is 5.11 Å². The first-order valence-corrected chi connectivity index (χ1v) is 7.08. The Bertz CT molecular complexity index is 299. The molecular weight excluding hydrogens is 298 g/mol. The third kappa shape index (κ3) is 4.53. The quantitative estimate of drug-likeness (QED) is 0.737. The second kappa shape index (κ2) is 5.90. The minimum Gasteiger partial charge on any atom is -0.396 e. The van der Waals surface area contributed by atoms with E-state index in [0.29, 0.717) is 0 Å². The van der Waals surface area contributed by atoms with E-state index in [0.717, 1.165) is 0 Å². The molecule has 3 unspecified atom stereocenters. The topological polar surface area (TPSA) is 54.0 Å². The first kappa shape index (κ1) is 16.0. The van der Waals surface area contributed by atoms with Gasteiger partial charge in [0.2, 0.25) is 0 Å². The average molecular weight is 322 g/mol. The fourth-order valence-corrected chi connectivity index (χ4v) is 1.91. The Labute approximate surface area is 118 Å². The van der Waals surface area contributed by atoms with Crippen LogP contribution in [-0.2, 0) is 9.47 Å². The molecule has 4 nitrogen and oxygen atoms in total. The van der Waals surface area contributed by atoms with Crippen LogP contribution in [0, 0.1) is 5.41 Å². The van der Waals surface area contributed by atoms with Gasteiger partial charge >= 0.3 is 0 Å². The van der Waals surface area contributed by atoms with Crippen LogP contribution in [0.2, 0.25) is 0 Å². The predicted octanol–water partition coefficient (Wildman–Crippen LogP) is 2.37. The molecular formula is C13H24BrNO3. The van der Waals surface area contributed by atoms with Crippen molar-refractivity contribution in [2.24, 2.45) is 5.41 Å². The van der Waals surface area contributed by atoms with Crippen LogP contribution in [0.1, 0.15) is 34.6 Å². The minimum absolute atomic E-state index is 0.0323. The molecule has 0 amide bonds. The molecule has 2 N–H and O–H groups in total. The van der Waals surface area contributed by atoms with E-state index in [1.54, 1.807) is 11.2 Å². The molecule has 0 bridgehead atoms. The van der Waals surface area contributed by atoms with Gasteiger partial charge in [-0.3, -0.25) is 0 Å². The van der Waals surface area contributed by atoms with Gasteiger partial charge in [-0.05, 0) is 25.8 Å². The normalized spacial score (nSPS) is 26.4. The second-order valence-corrected chi connectivity index (χ2v) is 6.81. The van der Waals surface area contributed by atoms with Crippen LogP contribution in [-0.4, -0.2) is 35.8 Å². The summed E-state index contributed by atoms with van der Waals surface area (Å²) in [5.74, 6) is 0. The van der Waals surface area contributed by atoms with Crippen molar-refractivity contribution in [3.63, 3.8) is 0 Å². The second-order valence-electron chi connectivity index (χ2n) is 6.28. The van der Waals surface area contributed by atoms with Crippen molar-refractivity contribution in [3.05, 3.63) is 11.2 Å². The van der Waals surface area contributed by atoms with Crippen LogP contribution >= 0.6 is 15.9 Å². The number of hydrogen-bond donors (Lipinski definition) is 2. The predicted molar refractivity (Wildman–Crippen MR) is 75.4 cm³/mol. The lowest BCUT2D eigenvalue weighted by molar-refractivity contribution is -0.130. The zero-order valence-corrected chi connectivity index (χ0v) is 13.3. The Morgan fingerprint density at radius 3 is 2.44 bits per heavy atom. The highest BCUT2D eigenvalue weighted by Gasteiger charge is 2.52. The van der Waals surface area contributed by atoms with E-state index in [-0.39, 0.29) is 36.1 Å². The van der Waals surface area contributed by atoms with Gasteiger partial charge < -0.3 is 19.9 Å². The largest absolute Gasteiger partial charge is 0.396 e. The monoisotopic (exact) mass is 321 g/mol. The zero-order chi connectivity index (χ0) is 14.0. The minimum atomic E-state index is -0.341. The Kier molecular flexibility index (Phi) is 5.23. The number of aliphatic hydroxyl groups is 1. The average Bonchev–Trinajstić information content (AvgIpc) is 3.01. The highest BCUT2D eigenvalue weighted by Crippen LogP contribution is 2.38. The van der Waals surface area contributed by atoms with Crippen LogP contribution in [0.5, 0.6) is 0 Å². The molecule has 106 valence electrons. The Morgan fingerprint density at radius 1 is 1.39 bits per heavy atom. The number of rotatable bonds is 6. The van der Waals surface area contributed by atoms with E-state index in [4.69, 9.17) is 9.47 Å². The highest BCUT2D eigenvalue weighted by atomic mass is 79.9. The van der Waals surface area contributed by atoms with E-state index in [1.807, 2.05) is 34.6 Å². The molecule has 0 aromatic carbocycles. The molecule has 0 radical (unpaired) electrons. The summed E-state index contributed by atoms with van der Waals surface area (Å²) in [5, 5.41) is 12.6. The maximum absolute atomic E-state index is 9.52. The number of hydrogen-bond acceptors (Lipinski definition) is 4. The van der Waals surface area contributed by atoms with Gasteiger partial charge in [0.1, 0.15) is 6.10 Å². The number of aliphatic hydroxyl groups excluding tert-OH is 1. The first-order valence-electron chi connectivity index (χ1n) is 6.17. The van der Waals surface area contributed by atoms with Gasteiger partial charge in [-0.25, -0.2) is 0 Å². The van der Waals surface area contributed by atoms with Crippen molar-refractivity contribution in [3.8, 4) is 0 Å². The molecule has 0 aliphatic carbocycles. The standard InChI is InChI=1S/C13H24BrNO3/c1-12(2,3)18-10(13(4,5)8-16)9-11(17-9)15-7-6-14/h6-7,9-11,15-16H,8H2,1-5H3/b7-6-. The summed E-state index contributed by atoms with van der Waals surface area (Å²) in [6.07, 6.45) is 1.56. The number of halogens is 1. The summed E-state index contributed by atoms with van der Waals surface area (Å²) < 4.78 is 11.7. The Morgan fingerprint density at radius 2 is 2.00 bits per heavy atom. The van der Waals surface area contributed by atoms with Crippen LogP contribution in [0.15, 0.2) is 11.2 Å². The Balaban J connectivity index is 2.69. The van der Waals surface area contributed by atoms with Gasteiger partial charge in [0, 0.05) is 11.6 Å². The number of ether oxygens (including phenoxy) is 2. The molecule has 1 heterocycles. The lowest BCUT2D eigenvalue weighted by Crippen LogP contribution is -2.45. The molecule has 1 fully saturated rings. The van der Waals surface area contributed by atoms with E-state index in [2.05, 4.69) is 21.2 Å². The van der Waals surface area contributed by atoms with Gasteiger partial charge in [-0.1, -0.05) is 29.8 Å². The van der Waals surface area contributed by atoms with Crippen molar-refractivity contribution < 1.29 is 14.6 Å². The highest BCUT2D eigenvalue weighted by molar-refractivity contribution is 9.11. The Hall–Kier alpha value is -0.100. The summed E-state index contributed by atoms with van der Waals surface area (Å²) in [5.41, 5.74) is -0.606. The molecule has 5 heteroatoms. The van der Waals surface area contributed by atoms with E-state index < -0.39 is 0 Å². The van der Waals surface area contributed by atoms with E-state index >= 15 is 0 Å². The third-order valence-electron chi connectivity index (χ3n) is 2.81. The van der Waals surface area contributed by atoms with Crippen LogP contribution < -0.4 is 5.32 Å². The van der Waals surface area contributed by atoms with Crippen molar-refractivity contribution >= 4 is 15.9 Å². The van der Waals surface area contributed by atoms with Gasteiger partial charge in [-0.2, -0.15) is 0 Å². The molecule has 1 rings (SSSR count). The summed E-state index contributed by atoms with van der Waals surface area (Å²) in [6.45, 7) is 10.1. The summed E-state index contributed by atoms with van der Waals surface area (Å²) >= 11 is 3.19. The zero-order valence-electron chi connectivity index (χ0n) is 11.7. The molecule has 0 spiro atoms. The van der Waals surface area contributed by atoms with Crippen LogP contribution in [0.25, 0.3) is 0 Å². The van der Waals surface area contributed by atoms with E-state index in [1.165, 1.54) is 0 Å². The van der Waals surface area contributed by atoms with Crippen molar-refractivity contribution in [1.82, 2.24) is 5.32 Å². The van der Waals surface area contributed by atoms with Gasteiger partial charge in [0.15, 0.2) is 6.23 Å². The molecule has 0 aromatic rings. The molecule has 1 aliphatic heterocycles. The fraction of sp³-hybridized carbons (Fsp3) is 0.846. The van der Waals surface area contributed by atoms with Crippen molar-refractivity contribution in [2.75, 3.05) is 6.61 Å². The van der Waals surface area contributed by atoms with Gasteiger partial charge in [0.25, 0.3) is 0 Å². The lowest BCUT2D eigenvalue weighted by Gasteiger charge is -2.36. The summed E-state index contributed by atoms with van der Waals surface area (Å²) in [4.78, 5) is 1.74. The molecule has 1 saturated heterocycles. The van der Waals surface area contributed by atoms with Crippen LogP contribution in [0.4, 0.5) is 0 Å². The maximum Gasteiger partial charge on any atom is 0.157 e.